The second kappa shape index (κ2) is 6.22. The molecular formula is C16H21ClFNO2. The molecule has 0 aliphatic carbocycles. The van der Waals surface area contributed by atoms with Gasteiger partial charge in [0.1, 0.15) is 11.4 Å². The Kier molecular flexibility index (Phi) is 4.77. The quantitative estimate of drug-likeness (QED) is 0.758. The minimum Gasteiger partial charge on any atom is -0.444 e. The van der Waals surface area contributed by atoms with Gasteiger partial charge in [0.15, 0.2) is 0 Å². The monoisotopic (exact) mass is 313 g/mol. The van der Waals surface area contributed by atoms with Crippen LogP contribution in [0.15, 0.2) is 18.2 Å². The predicted molar refractivity (Wildman–Crippen MR) is 81.2 cm³/mol. The highest BCUT2D eigenvalue weighted by Gasteiger charge is 2.27. The van der Waals surface area contributed by atoms with E-state index in [1.54, 1.807) is 17.0 Å². The number of rotatable bonds is 1. The molecule has 2 rings (SSSR count). The fraction of sp³-hybridized carbons (Fsp3) is 0.562. The number of piperidine rings is 1. The van der Waals surface area contributed by atoms with Crippen molar-refractivity contribution in [1.82, 2.24) is 4.90 Å². The highest BCUT2D eigenvalue weighted by atomic mass is 35.5. The highest BCUT2D eigenvalue weighted by Crippen LogP contribution is 2.30. The molecule has 1 aromatic carbocycles. The third kappa shape index (κ3) is 4.34. The molecule has 0 N–H and O–H groups in total. The highest BCUT2D eigenvalue weighted by molar-refractivity contribution is 6.30. The molecule has 3 nitrogen and oxygen atoms in total. The van der Waals surface area contributed by atoms with Gasteiger partial charge in [0.25, 0.3) is 0 Å². The maximum absolute atomic E-state index is 13.2. The van der Waals surface area contributed by atoms with Crippen LogP contribution in [-0.4, -0.2) is 29.7 Å². The van der Waals surface area contributed by atoms with Gasteiger partial charge in [-0.1, -0.05) is 17.7 Å². The van der Waals surface area contributed by atoms with E-state index in [4.69, 9.17) is 16.3 Å². The standard InChI is InChI=1S/C16H21ClFNO2/c1-16(2,3)21-15(20)19-8-6-11(7-9-19)12-4-5-14(18)13(17)10-12/h4-5,10-11H,6-9H2,1-3H3. The van der Waals surface area contributed by atoms with E-state index in [2.05, 4.69) is 0 Å². The number of carbonyl (C=O) groups excluding carboxylic acids is 1. The first-order valence-electron chi connectivity index (χ1n) is 7.19. The van der Waals surface area contributed by atoms with Gasteiger partial charge in [0.2, 0.25) is 0 Å². The lowest BCUT2D eigenvalue weighted by atomic mass is 9.89. The Labute approximate surface area is 130 Å². The summed E-state index contributed by atoms with van der Waals surface area (Å²) in [6.07, 6.45) is 1.40. The number of benzene rings is 1. The van der Waals surface area contributed by atoms with E-state index in [-0.39, 0.29) is 11.1 Å². The van der Waals surface area contributed by atoms with Gasteiger partial charge in [-0.2, -0.15) is 0 Å². The first-order chi connectivity index (χ1) is 9.76. The number of likely N-dealkylation sites (tertiary alicyclic amines) is 1. The molecule has 116 valence electrons. The third-order valence-electron chi connectivity index (χ3n) is 3.56. The molecule has 1 aromatic rings. The van der Waals surface area contributed by atoms with Gasteiger partial charge in [-0.3, -0.25) is 0 Å². The zero-order valence-corrected chi connectivity index (χ0v) is 13.4. The third-order valence-corrected chi connectivity index (χ3v) is 3.85. The average Bonchev–Trinajstić information content (AvgIpc) is 2.40. The second-order valence-electron chi connectivity index (χ2n) is 6.42. The molecule has 0 aromatic heterocycles. The largest absolute Gasteiger partial charge is 0.444 e. The van der Waals surface area contributed by atoms with Gasteiger partial charge in [-0.25, -0.2) is 9.18 Å². The van der Waals surface area contributed by atoms with Crippen molar-refractivity contribution >= 4 is 17.7 Å². The van der Waals surface area contributed by atoms with Gasteiger partial charge in [-0.05, 0) is 57.2 Å². The lowest BCUT2D eigenvalue weighted by molar-refractivity contribution is 0.0205. The first-order valence-corrected chi connectivity index (χ1v) is 7.57. The summed E-state index contributed by atoms with van der Waals surface area (Å²) in [5.41, 5.74) is 0.559. The van der Waals surface area contributed by atoms with Crippen LogP contribution in [0.25, 0.3) is 0 Å². The summed E-state index contributed by atoms with van der Waals surface area (Å²) in [4.78, 5) is 13.7. The van der Waals surface area contributed by atoms with Crippen molar-refractivity contribution < 1.29 is 13.9 Å². The Morgan fingerprint density at radius 3 is 2.48 bits per heavy atom. The van der Waals surface area contributed by atoms with Crippen molar-refractivity contribution in [1.29, 1.82) is 0 Å². The molecule has 5 heteroatoms. The van der Waals surface area contributed by atoms with E-state index < -0.39 is 11.4 Å². The summed E-state index contributed by atoms with van der Waals surface area (Å²) in [5, 5.41) is 0.155. The molecule has 1 amide bonds. The Balaban J connectivity index is 1.94. The zero-order chi connectivity index (χ0) is 15.6. The van der Waals surface area contributed by atoms with Gasteiger partial charge in [0, 0.05) is 13.1 Å². The molecule has 1 heterocycles. The van der Waals surface area contributed by atoms with Crippen LogP contribution in [-0.2, 0) is 4.74 Å². The smallest absolute Gasteiger partial charge is 0.410 e. The van der Waals surface area contributed by atoms with Gasteiger partial charge >= 0.3 is 6.09 Å². The maximum Gasteiger partial charge on any atom is 0.410 e. The number of halogens is 2. The fourth-order valence-electron chi connectivity index (χ4n) is 2.49. The number of amides is 1. The molecule has 1 saturated heterocycles. The van der Waals surface area contributed by atoms with Crippen molar-refractivity contribution in [2.24, 2.45) is 0 Å². The molecule has 0 radical (unpaired) electrons. The Morgan fingerprint density at radius 2 is 1.95 bits per heavy atom. The predicted octanol–water partition coefficient (Wildman–Crippen LogP) is 4.59. The van der Waals surface area contributed by atoms with Gasteiger partial charge < -0.3 is 9.64 Å². The molecular weight excluding hydrogens is 293 g/mol. The number of nitrogens with zero attached hydrogens (tertiary/aromatic N) is 1. The molecule has 1 aliphatic rings. The molecule has 0 spiro atoms. The molecule has 1 fully saturated rings. The van der Waals surface area contributed by atoms with Crippen molar-refractivity contribution in [3.8, 4) is 0 Å². The zero-order valence-electron chi connectivity index (χ0n) is 12.7. The summed E-state index contributed by atoms with van der Waals surface area (Å²) in [7, 11) is 0. The average molecular weight is 314 g/mol. The SMILES string of the molecule is CC(C)(C)OC(=O)N1CCC(c2ccc(F)c(Cl)c2)CC1. The van der Waals surface area contributed by atoms with Gasteiger partial charge in [-0.15, -0.1) is 0 Å². The number of hydrogen-bond donors (Lipinski definition) is 0. The molecule has 0 bridgehead atoms. The van der Waals surface area contributed by atoms with Crippen LogP contribution in [0.2, 0.25) is 5.02 Å². The van der Waals surface area contributed by atoms with Crippen LogP contribution in [0.3, 0.4) is 0 Å². The van der Waals surface area contributed by atoms with Crippen molar-refractivity contribution in [2.45, 2.75) is 45.1 Å². The maximum atomic E-state index is 13.2. The lowest BCUT2D eigenvalue weighted by Crippen LogP contribution is -2.41. The topological polar surface area (TPSA) is 29.5 Å². The Bertz CT molecular complexity index is 519. The Hall–Kier alpha value is -1.29. The molecule has 0 unspecified atom stereocenters. The molecule has 0 atom stereocenters. The Morgan fingerprint density at radius 1 is 1.33 bits per heavy atom. The number of hydrogen-bond acceptors (Lipinski definition) is 2. The van der Waals surface area contributed by atoms with E-state index >= 15 is 0 Å². The second-order valence-corrected chi connectivity index (χ2v) is 6.82. The van der Waals surface area contributed by atoms with Crippen LogP contribution in [0.4, 0.5) is 9.18 Å². The van der Waals surface area contributed by atoms with E-state index in [9.17, 15) is 9.18 Å². The molecule has 0 saturated carbocycles. The summed E-state index contributed by atoms with van der Waals surface area (Å²) >= 11 is 5.83. The van der Waals surface area contributed by atoms with E-state index in [0.717, 1.165) is 18.4 Å². The van der Waals surface area contributed by atoms with Crippen molar-refractivity contribution in [3.63, 3.8) is 0 Å². The first kappa shape index (κ1) is 16.1. The van der Waals surface area contributed by atoms with Crippen LogP contribution < -0.4 is 0 Å². The normalized spacial score (nSPS) is 16.9. The minimum atomic E-state index is -0.474. The van der Waals surface area contributed by atoms with E-state index in [0.29, 0.717) is 19.0 Å². The number of carbonyl (C=O) groups is 1. The van der Waals surface area contributed by atoms with E-state index in [1.807, 2.05) is 20.8 Å². The lowest BCUT2D eigenvalue weighted by Gasteiger charge is -2.33. The van der Waals surface area contributed by atoms with Crippen LogP contribution in [0.5, 0.6) is 0 Å². The van der Waals surface area contributed by atoms with E-state index in [1.165, 1.54) is 6.07 Å². The van der Waals surface area contributed by atoms with Crippen molar-refractivity contribution in [3.05, 3.63) is 34.6 Å². The number of ether oxygens (including phenoxy) is 1. The van der Waals surface area contributed by atoms with Crippen LogP contribution in [0.1, 0.15) is 45.1 Å². The summed E-state index contributed by atoms with van der Waals surface area (Å²) < 4.78 is 18.6. The van der Waals surface area contributed by atoms with Crippen LogP contribution in [0, 0.1) is 5.82 Å². The fourth-order valence-corrected chi connectivity index (χ4v) is 2.68. The van der Waals surface area contributed by atoms with Crippen molar-refractivity contribution in [2.75, 3.05) is 13.1 Å². The summed E-state index contributed by atoms with van der Waals surface area (Å²) in [6.45, 7) is 6.87. The summed E-state index contributed by atoms with van der Waals surface area (Å²) in [6, 6.07) is 4.86. The van der Waals surface area contributed by atoms with Crippen LogP contribution >= 0.6 is 11.6 Å². The molecule has 1 aliphatic heterocycles. The minimum absolute atomic E-state index is 0.155. The van der Waals surface area contributed by atoms with Gasteiger partial charge in [0.05, 0.1) is 5.02 Å². The summed E-state index contributed by atoms with van der Waals surface area (Å²) in [5.74, 6) is -0.0894. The molecule has 21 heavy (non-hydrogen) atoms.